The van der Waals surface area contributed by atoms with Crippen LogP contribution < -0.4 is 11.1 Å². The SMILES string of the molecule is CCCOC1CCCCC1(NC(=N)N)OC=O. The van der Waals surface area contributed by atoms with Crippen molar-refractivity contribution in [3.8, 4) is 0 Å². The van der Waals surface area contributed by atoms with E-state index in [1.54, 1.807) is 0 Å². The molecular weight excluding hydrogens is 222 g/mol. The van der Waals surface area contributed by atoms with Gasteiger partial charge in [0.1, 0.15) is 6.10 Å². The molecule has 0 aromatic heterocycles. The van der Waals surface area contributed by atoms with E-state index in [2.05, 4.69) is 5.32 Å². The minimum Gasteiger partial charge on any atom is -0.438 e. The Kier molecular flexibility index (Phi) is 5.21. The second kappa shape index (κ2) is 6.44. The van der Waals surface area contributed by atoms with Gasteiger partial charge in [-0.3, -0.25) is 10.2 Å². The van der Waals surface area contributed by atoms with E-state index in [1.165, 1.54) is 0 Å². The van der Waals surface area contributed by atoms with Crippen LogP contribution in [0.1, 0.15) is 39.0 Å². The minimum atomic E-state index is -0.971. The Hall–Kier alpha value is -1.30. The van der Waals surface area contributed by atoms with Crippen molar-refractivity contribution in [3.05, 3.63) is 0 Å². The van der Waals surface area contributed by atoms with Gasteiger partial charge < -0.3 is 20.5 Å². The number of guanidine groups is 1. The summed E-state index contributed by atoms with van der Waals surface area (Å²) in [6.07, 6.45) is 4.00. The lowest BCUT2D eigenvalue weighted by atomic mass is 9.88. The molecule has 6 nitrogen and oxygen atoms in total. The summed E-state index contributed by atoms with van der Waals surface area (Å²) in [5.74, 6) is -0.209. The first-order chi connectivity index (χ1) is 8.14. The molecule has 6 heteroatoms. The highest BCUT2D eigenvalue weighted by Crippen LogP contribution is 2.31. The van der Waals surface area contributed by atoms with Crippen LogP contribution in [0.25, 0.3) is 0 Å². The minimum absolute atomic E-state index is 0.209. The Morgan fingerprint density at radius 1 is 1.65 bits per heavy atom. The maximum atomic E-state index is 10.7. The molecule has 17 heavy (non-hydrogen) atoms. The number of carbonyl (C=O) groups excluding carboxylic acids is 1. The zero-order valence-electron chi connectivity index (χ0n) is 10.2. The summed E-state index contributed by atoms with van der Waals surface area (Å²) >= 11 is 0. The zero-order chi connectivity index (χ0) is 12.7. The molecule has 98 valence electrons. The molecule has 0 heterocycles. The first kappa shape index (κ1) is 13.8. The van der Waals surface area contributed by atoms with Crippen molar-refractivity contribution >= 4 is 12.4 Å². The fraction of sp³-hybridized carbons (Fsp3) is 0.818. The van der Waals surface area contributed by atoms with Crippen molar-refractivity contribution in [2.75, 3.05) is 6.61 Å². The molecule has 1 fully saturated rings. The largest absolute Gasteiger partial charge is 0.438 e. The van der Waals surface area contributed by atoms with Gasteiger partial charge in [-0.1, -0.05) is 13.3 Å². The summed E-state index contributed by atoms with van der Waals surface area (Å²) in [4.78, 5) is 10.7. The molecule has 0 radical (unpaired) electrons. The molecule has 1 rings (SSSR count). The molecule has 0 spiro atoms. The Balaban J connectivity index is 2.78. The van der Waals surface area contributed by atoms with E-state index in [-0.39, 0.29) is 12.1 Å². The number of hydrogen-bond donors (Lipinski definition) is 3. The normalized spacial score (nSPS) is 28.4. The average Bonchev–Trinajstić information content (AvgIpc) is 2.27. The van der Waals surface area contributed by atoms with Crippen molar-refractivity contribution in [1.29, 1.82) is 5.41 Å². The van der Waals surface area contributed by atoms with E-state index in [9.17, 15) is 4.79 Å². The van der Waals surface area contributed by atoms with Crippen LogP contribution in [0.5, 0.6) is 0 Å². The van der Waals surface area contributed by atoms with Crippen LogP contribution in [-0.2, 0) is 14.3 Å². The monoisotopic (exact) mass is 243 g/mol. The summed E-state index contributed by atoms with van der Waals surface area (Å²) in [7, 11) is 0. The first-order valence-corrected chi connectivity index (χ1v) is 6.00. The summed E-state index contributed by atoms with van der Waals surface area (Å²) < 4.78 is 10.9. The molecular formula is C11H21N3O3. The highest BCUT2D eigenvalue weighted by Gasteiger charge is 2.44. The van der Waals surface area contributed by atoms with Crippen molar-refractivity contribution in [3.63, 3.8) is 0 Å². The lowest BCUT2D eigenvalue weighted by molar-refractivity contribution is -0.178. The standard InChI is InChI=1S/C11H21N3O3/c1-2-7-16-9-5-3-4-6-11(9,17-8-15)14-10(12)13/h8-9H,2-7H2,1H3,(H4,12,13,14). The van der Waals surface area contributed by atoms with Gasteiger partial charge in [-0.15, -0.1) is 0 Å². The summed E-state index contributed by atoms with van der Waals surface area (Å²) in [6, 6.07) is 0. The highest BCUT2D eigenvalue weighted by molar-refractivity contribution is 5.75. The van der Waals surface area contributed by atoms with E-state index in [1.807, 2.05) is 6.92 Å². The molecule has 0 saturated heterocycles. The van der Waals surface area contributed by atoms with Gasteiger partial charge in [-0.2, -0.15) is 0 Å². The van der Waals surface area contributed by atoms with Crippen LogP contribution in [0.4, 0.5) is 0 Å². The van der Waals surface area contributed by atoms with Gasteiger partial charge >= 0.3 is 0 Å². The van der Waals surface area contributed by atoms with E-state index in [4.69, 9.17) is 20.6 Å². The Bertz CT molecular complexity index is 273. The Morgan fingerprint density at radius 3 is 3.00 bits per heavy atom. The summed E-state index contributed by atoms with van der Waals surface area (Å²) in [5, 5.41) is 10.1. The predicted octanol–water partition coefficient (Wildman–Crippen LogP) is 0.708. The number of ether oxygens (including phenoxy) is 2. The Morgan fingerprint density at radius 2 is 2.41 bits per heavy atom. The molecule has 1 aliphatic carbocycles. The average molecular weight is 243 g/mol. The van der Waals surface area contributed by atoms with Gasteiger partial charge in [0.05, 0.1) is 0 Å². The molecule has 0 aromatic carbocycles. The molecule has 1 aliphatic rings. The summed E-state index contributed by atoms with van der Waals surface area (Å²) in [5.41, 5.74) is 4.38. The summed E-state index contributed by atoms with van der Waals surface area (Å²) in [6.45, 7) is 3.02. The van der Waals surface area contributed by atoms with Crippen LogP contribution in [0.2, 0.25) is 0 Å². The van der Waals surface area contributed by atoms with Crippen LogP contribution >= 0.6 is 0 Å². The topological polar surface area (TPSA) is 97.4 Å². The van der Waals surface area contributed by atoms with E-state index in [0.29, 0.717) is 19.5 Å². The molecule has 2 unspecified atom stereocenters. The fourth-order valence-corrected chi connectivity index (χ4v) is 2.21. The van der Waals surface area contributed by atoms with Crippen LogP contribution in [-0.4, -0.2) is 30.9 Å². The van der Waals surface area contributed by atoms with Crippen LogP contribution in [0.3, 0.4) is 0 Å². The molecule has 0 aliphatic heterocycles. The number of nitrogens with one attached hydrogen (secondary N) is 2. The quantitative estimate of drug-likeness (QED) is 0.276. The van der Waals surface area contributed by atoms with Crippen molar-refractivity contribution in [1.82, 2.24) is 5.32 Å². The molecule has 4 N–H and O–H groups in total. The Labute approximate surface area is 101 Å². The van der Waals surface area contributed by atoms with Gasteiger partial charge in [-0.25, -0.2) is 0 Å². The molecule has 0 bridgehead atoms. The second-order valence-corrected chi connectivity index (χ2v) is 4.25. The van der Waals surface area contributed by atoms with E-state index in [0.717, 1.165) is 25.7 Å². The van der Waals surface area contributed by atoms with Gasteiger partial charge in [-0.05, 0) is 19.3 Å². The maximum Gasteiger partial charge on any atom is 0.295 e. The number of nitrogens with two attached hydrogens (primary N) is 1. The third kappa shape index (κ3) is 3.59. The van der Waals surface area contributed by atoms with Crippen LogP contribution in [0, 0.1) is 5.41 Å². The maximum absolute atomic E-state index is 10.7. The van der Waals surface area contributed by atoms with Gasteiger partial charge in [0.15, 0.2) is 5.96 Å². The van der Waals surface area contributed by atoms with E-state index < -0.39 is 5.72 Å². The first-order valence-electron chi connectivity index (χ1n) is 6.00. The second-order valence-electron chi connectivity index (χ2n) is 4.25. The smallest absolute Gasteiger partial charge is 0.295 e. The van der Waals surface area contributed by atoms with E-state index >= 15 is 0 Å². The lowest BCUT2D eigenvalue weighted by Crippen LogP contribution is -2.62. The van der Waals surface area contributed by atoms with Crippen molar-refractivity contribution < 1.29 is 14.3 Å². The molecule has 1 saturated carbocycles. The molecule has 2 atom stereocenters. The predicted molar refractivity (Wildman–Crippen MR) is 63.4 cm³/mol. The number of carbonyl (C=O) groups is 1. The van der Waals surface area contributed by atoms with Gasteiger partial charge in [0.2, 0.25) is 5.72 Å². The molecule has 0 amide bonds. The van der Waals surface area contributed by atoms with Gasteiger partial charge in [0, 0.05) is 13.0 Å². The highest BCUT2D eigenvalue weighted by atomic mass is 16.6. The molecule has 0 aromatic rings. The fourth-order valence-electron chi connectivity index (χ4n) is 2.21. The van der Waals surface area contributed by atoms with Crippen molar-refractivity contribution in [2.45, 2.75) is 50.9 Å². The lowest BCUT2D eigenvalue weighted by Gasteiger charge is -2.42. The van der Waals surface area contributed by atoms with Crippen molar-refractivity contribution in [2.24, 2.45) is 5.73 Å². The third-order valence-electron chi connectivity index (χ3n) is 2.91. The van der Waals surface area contributed by atoms with Gasteiger partial charge in [0.25, 0.3) is 6.47 Å². The third-order valence-corrected chi connectivity index (χ3v) is 2.91. The zero-order valence-corrected chi connectivity index (χ0v) is 10.2. The van der Waals surface area contributed by atoms with Crippen LogP contribution in [0.15, 0.2) is 0 Å². The number of hydrogen-bond acceptors (Lipinski definition) is 4. The number of rotatable bonds is 6.